The van der Waals surface area contributed by atoms with Gasteiger partial charge >= 0.3 is 12.3 Å². The van der Waals surface area contributed by atoms with Crippen LogP contribution in [0.3, 0.4) is 0 Å². The van der Waals surface area contributed by atoms with Crippen molar-refractivity contribution in [2.75, 3.05) is 31.7 Å². The number of halogens is 3. The lowest BCUT2D eigenvalue weighted by molar-refractivity contribution is -0.235. The standard InChI is InChI=1S/C23H25F3N4O5S/c1-22(2,33-3)11-34-18(23(24,25)26)14-4-5-15(19-27-6-7-36-19)17-16(14)28-20(35-17)29-9-12-8-13(10-29)30(12)21(31)32/h4-7,12-13,18H,8-11H2,1-3H3,(H,31,32). The fraction of sp³-hybridized carbons (Fsp3) is 0.522. The average Bonchev–Trinajstić information content (AvgIpc) is 3.48. The number of amides is 1. The van der Waals surface area contributed by atoms with Crippen molar-refractivity contribution in [3.63, 3.8) is 0 Å². The predicted octanol–water partition coefficient (Wildman–Crippen LogP) is 4.94. The van der Waals surface area contributed by atoms with Gasteiger partial charge in [-0.05, 0) is 26.3 Å². The van der Waals surface area contributed by atoms with Crippen LogP contribution in [0.4, 0.5) is 24.0 Å². The van der Waals surface area contributed by atoms with E-state index in [9.17, 15) is 23.1 Å². The number of fused-ring (bicyclic) bond motifs is 3. The monoisotopic (exact) mass is 526 g/mol. The van der Waals surface area contributed by atoms with E-state index in [2.05, 4.69) is 9.97 Å². The minimum atomic E-state index is -4.71. The zero-order valence-corrected chi connectivity index (χ0v) is 20.6. The van der Waals surface area contributed by atoms with Crippen LogP contribution in [-0.2, 0) is 9.47 Å². The highest BCUT2D eigenvalue weighted by molar-refractivity contribution is 7.13. The number of alkyl halides is 3. The van der Waals surface area contributed by atoms with Crippen molar-refractivity contribution >= 4 is 34.5 Å². The lowest BCUT2D eigenvalue weighted by Crippen LogP contribution is -2.70. The van der Waals surface area contributed by atoms with Crippen molar-refractivity contribution < 1.29 is 37.0 Å². The quantitative estimate of drug-likeness (QED) is 0.462. The van der Waals surface area contributed by atoms with Gasteiger partial charge in [-0.2, -0.15) is 18.2 Å². The molecule has 3 atom stereocenters. The SMILES string of the molecule is COC(C)(C)COC(c1ccc(-c2nccs2)c2oc(N3CC4CC(C3)N4C(=O)O)nc12)C(F)(F)F. The highest BCUT2D eigenvalue weighted by Gasteiger charge is 2.49. The molecule has 1 N–H and O–H groups in total. The third-order valence-electron chi connectivity index (χ3n) is 6.64. The van der Waals surface area contributed by atoms with Crippen LogP contribution in [0.15, 0.2) is 28.1 Å². The molecule has 6 rings (SSSR count). The number of oxazole rings is 1. The molecule has 1 aromatic carbocycles. The van der Waals surface area contributed by atoms with E-state index in [1.54, 1.807) is 30.3 Å². The Morgan fingerprint density at radius 2 is 2.03 bits per heavy atom. The molecule has 3 fully saturated rings. The van der Waals surface area contributed by atoms with Gasteiger partial charge in [0.1, 0.15) is 10.5 Å². The summed E-state index contributed by atoms with van der Waals surface area (Å²) in [5, 5.41) is 11.7. The molecule has 3 saturated heterocycles. The highest BCUT2D eigenvalue weighted by Crippen LogP contribution is 2.44. The molecule has 0 radical (unpaired) electrons. The number of carbonyl (C=O) groups is 1. The van der Waals surface area contributed by atoms with Gasteiger partial charge in [0.2, 0.25) is 0 Å². The van der Waals surface area contributed by atoms with Gasteiger partial charge in [0.25, 0.3) is 6.01 Å². The number of piperazine rings is 1. The molecule has 3 aliphatic rings. The summed E-state index contributed by atoms with van der Waals surface area (Å²) in [4.78, 5) is 23.4. The van der Waals surface area contributed by atoms with Gasteiger partial charge in [-0.1, -0.05) is 6.07 Å². The van der Waals surface area contributed by atoms with Crippen LogP contribution in [0.1, 0.15) is 31.9 Å². The number of methoxy groups -OCH3 is 1. The Balaban J connectivity index is 1.56. The topological polar surface area (TPSA) is 101 Å². The number of rotatable bonds is 7. The van der Waals surface area contributed by atoms with Crippen molar-refractivity contribution in [1.29, 1.82) is 0 Å². The van der Waals surface area contributed by atoms with E-state index in [0.29, 0.717) is 23.7 Å². The van der Waals surface area contributed by atoms with Gasteiger partial charge in [-0.3, -0.25) is 4.90 Å². The van der Waals surface area contributed by atoms with E-state index < -0.39 is 24.0 Å². The molecule has 2 bridgehead atoms. The van der Waals surface area contributed by atoms with Gasteiger partial charge < -0.3 is 23.9 Å². The number of benzene rings is 1. The number of thiazole rings is 1. The molecule has 2 aromatic heterocycles. The van der Waals surface area contributed by atoms with E-state index in [-0.39, 0.29) is 41.4 Å². The third kappa shape index (κ3) is 4.39. The first-order chi connectivity index (χ1) is 17.0. The first-order valence-electron chi connectivity index (χ1n) is 11.3. The van der Waals surface area contributed by atoms with Gasteiger partial charge in [0, 0.05) is 37.3 Å². The largest absolute Gasteiger partial charge is 0.465 e. The van der Waals surface area contributed by atoms with Crippen LogP contribution in [-0.4, -0.2) is 76.7 Å². The van der Waals surface area contributed by atoms with Crippen LogP contribution in [0.2, 0.25) is 0 Å². The number of aromatic nitrogens is 2. The second-order valence-corrected chi connectivity index (χ2v) is 10.4. The van der Waals surface area contributed by atoms with Crippen molar-refractivity contribution in [2.24, 2.45) is 0 Å². The van der Waals surface area contributed by atoms with Crippen LogP contribution >= 0.6 is 11.3 Å². The maximum atomic E-state index is 14.2. The Kier molecular flexibility index (Phi) is 6.12. The molecule has 0 spiro atoms. The number of piperidine rings is 1. The minimum absolute atomic E-state index is 0.0320. The number of hydrogen-bond donors (Lipinski definition) is 1. The summed E-state index contributed by atoms with van der Waals surface area (Å²) in [5.74, 6) is 0. The van der Waals surface area contributed by atoms with E-state index in [1.807, 2.05) is 0 Å². The molecule has 1 amide bonds. The molecule has 3 aromatic rings. The van der Waals surface area contributed by atoms with Gasteiger partial charge in [0.15, 0.2) is 11.7 Å². The van der Waals surface area contributed by atoms with Crippen molar-refractivity contribution in [1.82, 2.24) is 14.9 Å². The van der Waals surface area contributed by atoms with Crippen molar-refractivity contribution in [3.05, 3.63) is 29.3 Å². The fourth-order valence-corrected chi connectivity index (χ4v) is 5.33. The van der Waals surface area contributed by atoms with Crippen LogP contribution in [0.5, 0.6) is 0 Å². The third-order valence-corrected chi connectivity index (χ3v) is 7.45. The van der Waals surface area contributed by atoms with E-state index in [4.69, 9.17) is 13.9 Å². The Hall–Kier alpha value is -2.90. The number of anilines is 1. The molecule has 0 aliphatic carbocycles. The van der Waals surface area contributed by atoms with Crippen molar-refractivity contribution in [2.45, 2.75) is 50.2 Å². The molecule has 13 heteroatoms. The molecule has 5 heterocycles. The first-order valence-corrected chi connectivity index (χ1v) is 12.2. The van der Waals surface area contributed by atoms with E-state index in [1.165, 1.54) is 35.5 Å². The second kappa shape index (κ2) is 8.89. The van der Waals surface area contributed by atoms with Gasteiger partial charge in [-0.25, -0.2) is 9.78 Å². The Morgan fingerprint density at radius 1 is 1.31 bits per heavy atom. The van der Waals surface area contributed by atoms with Crippen LogP contribution in [0, 0.1) is 0 Å². The number of hydrogen-bond acceptors (Lipinski definition) is 8. The maximum absolute atomic E-state index is 14.2. The normalized spacial score (nSPS) is 21.1. The lowest BCUT2D eigenvalue weighted by atomic mass is 9.88. The molecule has 3 aliphatic heterocycles. The number of ether oxygens (including phenoxy) is 2. The maximum Gasteiger partial charge on any atom is 0.418 e. The minimum Gasteiger partial charge on any atom is -0.465 e. The summed E-state index contributed by atoms with van der Waals surface area (Å²) < 4.78 is 59.3. The van der Waals surface area contributed by atoms with Crippen LogP contribution in [0.25, 0.3) is 21.7 Å². The van der Waals surface area contributed by atoms with Gasteiger partial charge in [-0.15, -0.1) is 11.3 Å². The van der Waals surface area contributed by atoms with E-state index >= 15 is 0 Å². The number of carboxylic acid groups (broad SMARTS) is 1. The second-order valence-electron chi connectivity index (χ2n) is 9.55. The zero-order chi connectivity index (χ0) is 25.8. The smallest absolute Gasteiger partial charge is 0.418 e. The first kappa shape index (κ1) is 24.8. The molecule has 9 nitrogen and oxygen atoms in total. The highest BCUT2D eigenvalue weighted by atomic mass is 32.1. The Bertz CT molecular complexity index is 1250. The lowest BCUT2D eigenvalue weighted by Gasteiger charge is -2.54. The predicted molar refractivity (Wildman–Crippen MR) is 125 cm³/mol. The van der Waals surface area contributed by atoms with Gasteiger partial charge in [0.05, 0.1) is 29.9 Å². The van der Waals surface area contributed by atoms with E-state index in [0.717, 1.165) is 6.42 Å². The Labute approximate surface area is 208 Å². The summed E-state index contributed by atoms with van der Waals surface area (Å²) in [6.45, 7) is 3.67. The molecule has 0 saturated carbocycles. The summed E-state index contributed by atoms with van der Waals surface area (Å²) in [7, 11) is 1.41. The van der Waals surface area contributed by atoms with Crippen molar-refractivity contribution in [3.8, 4) is 10.6 Å². The van der Waals surface area contributed by atoms with Crippen LogP contribution < -0.4 is 4.90 Å². The average molecular weight is 527 g/mol. The fourth-order valence-electron chi connectivity index (χ4n) is 4.67. The molecule has 194 valence electrons. The summed E-state index contributed by atoms with van der Waals surface area (Å²) >= 11 is 1.33. The summed E-state index contributed by atoms with van der Waals surface area (Å²) in [5.41, 5.74) is -0.368. The number of nitrogens with zero attached hydrogens (tertiary/aromatic N) is 4. The zero-order valence-electron chi connectivity index (χ0n) is 19.8. The summed E-state index contributed by atoms with van der Waals surface area (Å²) in [6, 6.07) is 2.61. The Morgan fingerprint density at radius 3 is 2.61 bits per heavy atom. The summed E-state index contributed by atoms with van der Waals surface area (Å²) in [6.07, 6.45) is -5.61. The molecular formula is C23H25F3N4O5S. The molecule has 3 unspecified atom stereocenters. The molecular weight excluding hydrogens is 501 g/mol. The molecule has 36 heavy (non-hydrogen) atoms.